The van der Waals surface area contributed by atoms with Crippen LogP contribution in [-0.4, -0.2) is 132 Å². The zero-order valence-corrected chi connectivity index (χ0v) is 26.8. The molecule has 45 heavy (non-hydrogen) atoms. The lowest BCUT2D eigenvalue weighted by atomic mass is 9.99. The number of cyclic esters (lactones) is 1. The Labute approximate surface area is 268 Å². The summed E-state index contributed by atoms with van der Waals surface area (Å²) < 4.78 is 4.94. The molecular formula is C28H46N8O8S. The minimum absolute atomic E-state index is 0.119. The summed E-state index contributed by atoms with van der Waals surface area (Å²) in [6.45, 7) is 5.75. The number of carbonyl (C=O) groups excluding carboxylic acids is 7. The van der Waals surface area contributed by atoms with E-state index in [1.165, 1.54) is 4.90 Å². The van der Waals surface area contributed by atoms with Gasteiger partial charge in [0.25, 0.3) is 5.91 Å². The summed E-state index contributed by atoms with van der Waals surface area (Å²) in [4.78, 5) is 93.1. The fourth-order valence-electron chi connectivity index (χ4n) is 5.72. The first-order valence-corrected chi connectivity index (χ1v) is 16.0. The van der Waals surface area contributed by atoms with E-state index in [1.54, 1.807) is 0 Å². The number of nitrogens with two attached hydrogens (primary N) is 2. The average molecular weight is 655 g/mol. The van der Waals surface area contributed by atoms with Gasteiger partial charge < -0.3 is 37.1 Å². The van der Waals surface area contributed by atoms with Crippen LogP contribution in [0.5, 0.6) is 0 Å². The van der Waals surface area contributed by atoms with Crippen LogP contribution in [0.25, 0.3) is 0 Å². The Balaban J connectivity index is 1.66. The number of nitrogens with zero attached hydrogens (tertiary/aromatic N) is 3. The van der Waals surface area contributed by atoms with Gasteiger partial charge in [-0.2, -0.15) is 12.6 Å². The maximum Gasteiger partial charge on any atom is 0.328 e. The Morgan fingerprint density at radius 3 is 2.29 bits per heavy atom. The van der Waals surface area contributed by atoms with E-state index in [1.807, 2.05) is 18.7 Å². The minimum Gasteiger partial charge on any atom is -0.464 e. The lowest BCUT2D eigenvalue weighted by molar-refractivity contribution is -0.143. The summed E-state index contributed by atoms with van der Waals surface area (Å²) in [6, 6.07) is -5.31. The van der Waals surface area contributed by atoms with Gasteiger partial charge in [-0.15, -0.1) is 0 Å². The number of nitrogens with one attached hydrogen (secondary N) is 3. The van der Waals surface area contributed by atoms with Gasteiger partial charge in [-0.3, -0.25) is 28.9 Å². The van der Waals surface area contributed by atoms with Crippen molar-refractivity contribution in [2.45, 2.75) is 82.6 Å². The molecule has 0 radical (unpaired) electrons. The summed E-state index contributed by atoms with van der Waals surface area (Å²) in [5.41, 5.74) is 10.8. The van der Waals surface area contributed by atoms with Gasteiger partial charge >= 0.3 is 12.0 Å². The lowest BCUT2D eigenvalue weighted by Gasteiger charge is -2.41. The summed E-state index contributed by atoms with van der Waals surface area (Å²) in [7, 11) is 0. The second-order valence-electron chi connectivity index (χ2n) is 11.9. The Morgan fingerprint density at radius 1 is 1.04 bits per heavy atom. The Hall–Kier alpha value is -3.44. The number of hydrogen-bond acceptors (Lipinski definition) is 11. The van der Waals surface area contributed by atoms with Crippen LogP contribution in [-0.2, 0) is 33.5 Å². The highest BCUT2D eigenvalue weighted by molar-refractivity contribution is 7.80. The lowest BCUT2D eigenvalue weighted by Crippen LogP contribution is -2.61. The van der Waals surface area contributed by atoms with Crippen molar-refractivity contribution in [1.82, 2.24) is 30.7 Å². The maximum absolute atomic E-state index is 13.7. The highest BCUT2D eigenvalue weighted by Gasteiger charge is 2.46. The zero-order chi connectivity index (χ0) is 33.3. The molecule has 16 nitrogen and oxygen atoms in total. The molecule has 3 aliphatic rings. The minimum atomic E-state index is -1.18. The molecule has 17 heteroatoms. The van der Waals surface area contributed by atoms with Gasteiger partial charge in [0.05, 0.1) is 19.1 Å². The summed E-state index contributed by atoms with van der Waals surface area (Å²) >= 11 is 4.22. The number of primary amides is 1. The van der Waals surface area contributed by atoms with Crippen molar-refractivity contribution >= 4 is 54.2 Å². The van der Waals surface area contributed by atoms with Crippen LogP contribution in [0.1, 0.15) is 52.4 Å². The number of esters is 1. The van der Waals surface area contributed by atoms with Crippen molar-refractivity contribution in [3.63, 3.8) is 0 Å². The van der Waals surface area contributed by atoms with E-state index in [0.717, 1.165) is 4.90 Å². The van der Waals surface area contributed by atoms with Crippen molar-refractivity contribution in [2.75, 3.05) is 45.1 Å². The van der Waals surface area contributed by atoms with Crippen LogP contribution in [0.2, 0.25) is 0 Å². The first-order valence-electron chi connectivity index (χ1n) is 15.4. The fraction of sp³-hybridized carbons (Fsp3) is 0.750. The van der Waals surface area contributed by atoms with Crippen molar-refractivity contribution in [2.24, 2.45) is 17.4 Å². The molecule has 7 N–H and O–H groups in total. The second kappa shape index (κ2) is 16.7. The molecule has 3 rings (SSSR count). The molecule has 0 unspecified atom stereocenters. The predicted octanol–water partition coefficient (Wildman–Crippen LogP) is -2.31. The maximum atomic E-state index is 13.7. The van der Waals surface area contributed by atoms with E-state index in [0.29, 0.717) is 51.7 Å². The zero-order valence-electron chi connectivity index (χ0n) is 25.9. The first kappa shape index (κ1) is 36.0. The molecule has 3 saturated heterocycles. The monoisotopic (exact) mass is 654 g/mol. The molecule has 0 aromatic rings. The molecule has 0 aromatic heterocycles. The van der Waals surface area contributed by atoms with Gasteiger partial charge in [-0.1, -0.05) is 13.8 Å². The van der Waals surface area contributed by atoms with Crippen molar-refractivity contribution in [3.8, 4) is 0 Å². The number of urea groups is 1. The number of carbonyl (C=O) groups is 7. The van der Waals surface area contributed by atoms with Crippen LogP contribution < -0.4 is 27.4 Å². The quantitative estimate of drug-likeness (QED) is 0.0451. The molecule has 7 amide bonds. The number of rotatable bonds is 16. The predicted molar refractivity (Wildman–Crippen MR) is 164 cm³/mol. The van der Waals surface area contributed by atoms with E-state index in [9.17, 15) is 33.6 Å². The fourth-order valence-corrected chi connectivity index (χ4v) is 6.03. The molecule has 5 atom stereocenters. The Morgan fingerprint density at radius 2 is 1.73 bits per heavy atom. The smallest absolute Gasteiger partial charge is 0.328 e. The van der Waals surface area contributed by atoms with Crippen LogP contribution in [0, 0.1) is 5.92 Å². The third-order valence-corrected chi connectivity index (χ3v) is 8.47. The molecule has 0 aromatic carbocycles. The van der Waals surface area contributed by atoms with E-state index < -0.39 is 65.8 Å². The summed E-state index contributed by atoms with van der Waals surface area (Å²) in [5.74, 6) is -3.22. The normalized spacial score (nSPS) is 22.6. The van der Waals surface area contributed by atoms with Gasteiger partial charge in [0.1, 0.15) is 24.2 Å². The van der Waals surface area contributed by atoms with Crippen LogP contribution in [0.15, 0.2) is 0 Å². The molecule has 0 bridgehead atoms. The van der Waals surface area contributed by atoms with E-state index in [2.05, 4.69) is 28.6 Å². The number of hydrogen-bond donors (Lipinski definition) is 6. The molecule has 0 aliphatic carbocycles. The van der Waals surface area contributed by atoms with Crippen molar-refractivity contribution in [3.05, 3.63) is 0 Å². The van der Waals surface area contributed by atoms with Crippen LogP contribution in [0.3, 0.4) is 0 Å². The van der Waals surface area contributed by atoms with Gasteiger partial charge in [0.2, 0.25) is 23.6 Å². The summed E-state index contributed by atoms with van der Waals surface area (Å²) in [6.07, 6.45) is 2.10. The van der Waals surface area contributed by atoms with Gasteiger partial charge in [0.15, 0.2) is 0 Å². The molecule has 252 valence electrons. The summed E-state index contributed by atoms with van der Waals surface area (Å²) in [5, 5.41) is 7.98. The van der Waals surface area contributed by atoms with E-state index in [4.69, 9.17) is 16.2 Å². The molecular weight excluding hydrogens is 608 g/mol. The average Bonchev–Trinajstić information content (AvgIpc) is 3.51. The van der Waals surface area contributed by atoms with Crippen LogP contribution in [0.4, 0.5) is 4.79 Å². The van der Waals surface area contributed by atoms with Crippen molar-refractivity contribution < 1.29 is 38.3 Å². The number of ether oxygens (including phenoxy) is 1. The SMILES string of the molecule is CC(C)C[C@@H](C(=O)N[C@H](CCCCN)C(=O)N[C@H]1CCOC1=O)N1CCN(C(=O)[C@H](CS)N2C(=O)N[C@H](CC(N)=O)C2=O)CC1. The molecule has 0 saturated carbocycles. The van der Waals surface area contributed by atoms with Gasteiger partial charge in [0, 0.05) is 38.4 Å². The Bertz CT molecular complexity index is 1130. The largest absolute Gasteiger partial charge is 0.464 e. The first-order chi connectivity index (χ1) is 21.4. The molecule has 3 fully saturated rings. The molecule has 0 spiro atoms. The van der Waals surface area contributed by atoms with Crippen LogP contribution >= 0.6 is 12.6 Å². The third-order valence-electron chi connectivity index (χ3n) is 8.12. The van der Waals surface area contributed by atoms with E-state index in [-0.39, 0.29) is 43.7 Å². The molecule has 3 heterocycles. The highest BCUT2D eigenvalue weighted by atomic mass is 32.1. The highest BCUT2D eigenvalue weighted by Crippen LogP contribution is 2.20. The number of unbranched alkanes of at least 4 members (excludes halogenated alkanes) is 1. The number of amides is 7. The van der Waals surface area contributed by atoms with Crippen molar-refractivity contribution in [1.29, 1.82) is 0 Å². The van der Waals surface area contributed by atoms with E-state index >= 15 is 0 Å². The number of thiol groups is 1. The topological polar surface area (TPSA) is 227 Å². The molecule has 3 aliphatic heterocycles. The standard InChI is InChI=1S/C28H46N8O8S/c1-16(2)13-20(24(39)31-17(5-3-4-7-29)23(38)32-18-6-12-44-27(18)42)34-8-10-35(11-9-34)26(41)21(15-45)36-25(40)19(14-22(30)37)33-28(36)43/h16-21,45H,3-15,29H2,1-2H3,(H2,30,37)(H,31,39)(H,32,38)(H,33,43)/t17-,18+,19-,20+,21+/m1/s1. The third kappa shape index (κ3) is 9.53. The Kier molecular flexibility index (Phi) is 13.4. The second-order valence-corrected chi connectivity index (χ2v) is 12.3. The van der Waals surface area contributed by atoms with Gasteiger partial charge in [-0.25, -0.2) is 14.5 Å². The number of imide groups is 1. The van der Waals surface area contributed by atoms with Gasteiger partial charge in [-0.05, 0) is 38.1 Å². The number of piperazine rings is 1.